The van der Waals surface area contributed by atoms with Crippen molar-refractivity contribution >= 4 is 21.5 Å². The lowest BCUT2D eigenvalue weighted by Gasteiger charge is -1.99. The van der Waals surface area contributed by atoms with Crippen molar-refractivity contribution in [2.45, 2.75) is 6.61 Å². The molecule has 13 heavy (non-hydrogen) atoms. The fourth-order valence-corrected chi connectivity index (χ4v) is 1.71. The maximum Gasteiger partial charge on any atom is 0.267 e. The Hall–Kier alpha value is -0.430. The van der Waals surface area contributed by atoms with Crippen molar-refractivity contribution in [3.8, 4) is 0 Å². The third-order valence-electron chi connectivity index (χ3n) is 1.33. The van der Waals surface area contributed by atoms with Crippen molar-refractivity contribution in [3.05, 3.63) is 22.4 Å². The van der Waals surface area contributed by atoms with E-state index in [1.165, 1.54) is 0 Å². The van der Waals surface area contributed by atoms with Crippen LogP contribution < -0.4 is 0 Å². The van der Waals surface area contributed by atoms with E-state index in [2.05, 4.69) is 0 Å². The summed E-state index contributed by atoms with van der Waals surface area (Å²) in [6.07, 6.45) is 0. The standard InChI is InChI=1S/C7H10O4S2/c8-13(9,10)4-2-11-5-7-1-3-12-6-7/h1,3,6H,2,4-5H2,(H,8,9,10). The van der Waals surface area contributed by atoms with Gasteiger partial charge in [0.05, 0.1) is 19.0 Å². The van der Waals surface area contributed by atoms with Gasteiger partial charge >= 0.3 is 0 Å². The van der Waals surface area contributed by atoms with Crippen molar-refractivity contribution in [1.29, 1.82) is 0 Å². The molecule has 1 rings (SSSR count). The molecule has 0 amide bonds. The smallest absolute Gasteiger partial charge is 0.267 e. The van der Waals surface area contributed by atoms with Crippen molar-refractivity contribution in [2.24, 2.45) is 0 Å². The Bertz CT molecular complexity index is 327. The zero-order valence-corrected chi connectivity index (χ0v) is 8.47. The number of ether oxygens (including phenoxy) is 1. The minimum Gasteiger partial charge on any atom is -0.376 e. The zero-order valence-electron chi connectivity index (χ0n) is 6.84. The molecule has 4 nitrogen and oxygen atoms in total. The Balaban J connectivity index is 2.16. The third kappa shape index (κ3) is 4.99. The maximum absolute atomic E-state index is 10.3. The lowest BCUT2D eigenvalue weighted by atomic mass is 10.4. The average Bonchev–Trinajstić information content (AvgIpc) is 2.48. The molecular weight excluding hydrogens is 212 g/mol. The van der Waals surface area contributed by atoms with E-state index in [0.29, 0.717) is 6.61 Å². The molecule has 1 heterocycles. The van der Waals surface area contributed by atoms with Gasteiger partial charge in [0.15, 0.2) is 0 Å². The SMILES string of the molecule is O=S(=O)(O)CCOCc1ccsc1. The van der Waals surface area contributed by atoms with E-state index >= 15 is 0 Å². The third-order valence-corrected chi connectivity index (χ3v) is 2.75. The summed E-state index contributed by atoms with van der Waals surface area (Å²) in [5.41, 5.74) is 1.01. The number of hydrogen-bond donors (Lipinski definition) is 1. The van der Waals surface area contributed by atoms with Gasteiger partial charge in [-0.3, -0.25) is 4.55 Å². The normalized spacial score (nSPS) is 11.8. The second-order valence-corrected chi connectivity index (χ2v) is 4.82. The van der Waals surface area contributed by atoms with Crippen LogP contribution in [-0.4, -0.2) is 25.3 Å². The summed E-state index contributed by atoms with van der Waals surface area (Å²) in [6, 6.07) is 1.90. The van der Waals surface area contributed by atoms with Gasteiger partial charge in [0.1, 0.15) is 0 Å². The molecule has 0 aromatic carbocycles. The first-order valence-corrected chi connectivity index (χ1v) is 6.17. The lowest BCUT2D eigenvalue weighted by molar-refractivity contribution is 0.135. The largest absolute Gasteiger partial charge is 0.376 e. The van der Waals surface area contributed by atoms with Crippen LogP contribution in [0.2, 0.25) is 0 Å². The Kier molecular flexibility index (Phi) is 3.86. The van der Waals surface area contributed by atoms with Crippen LogP contribution in [0.1, 0.15) is 5.56 Å². The van der Waals surface area contributed by atoms with Crippen molar-refractivity contribution in [3.63, 3.8) is 0 Å². The summed E-state index contributed by atoms with van der Waals surface area (Å²) < 4.78 is 33.9. The molecule has 0 unspecified atom stereocenters. The number of hydrogen-bond acceptors (Lipinski definition) is 4. The van der Waals surface area contributed by atoms with Gasteiger partial charge in [-0.25, -0.2) is 0 Å². The van der Waals surface area contributed by atoms with Gasteiger partial charge in [-0.2, -0.15) is 19.8 Å². The molecule has 0 aliphatic carbocycles. The molecular formula is C7H10O4S2. The van der Waals surface area contributed by atoms with E-state index < -0.39 is 10.1 Å². The lowest BCUT2D eigenvalue weighted by Crippen LogP contribution is -2.10. The van der Waals surface area contributed by atoms with Gasteiger partial charge in [0, 0.05) is 0 Å². The predicted octanol–water partition coefficient (Wildman–Crippen LogP) is 1.15. The maximum atomic E-state index is 10.3. The molecule has 0 aliphatic heterocycles. The molecule has 0 saturated carbocycles. The van der Waals surface area contributed by atoms with E-state index in [4.69, 9.17) is 9.29 Å². The van der Waals surface area contributed by atoms with Crippen LogP contribution in [0.5, 0.6) is 0 Å². The van der Waals surface area contributed by atoms with Gasteiger partial charge in [0.2, 0.25) is 0 Å². The van der Waals surface area contributed by atoms with Crippen LogP contribution in [0.25, 0.3) is 0 Å². The van der Waals surface area contributed by atoms with Crippen molar-refractivity contribution in [2.75, 3.05) is 12.4 Å². The number of thiophene rings is 1. The highest BCUT2D eigenvalue weighted by atomic mass is 32.2. The van der Waals surface area contributed by atoms with E-state index in [9.17, 15) is 8.42 Å². The van der Waals surface area contributed by atoms with E-state index in [0.717, 1.165) is 5.56 Å². The van der Waals surface area contributed by atoms with Gasteiger partial charge in [0.25, 0.3) is 10.1 Å². The van der Waals surface area contributed by atoms with E-state index in [-0.39, 0.29) is 12.4 Å². The van der Waals surface area contributed by atoms with Gasteiger partial charge in [-0.05, 0) is 22.4 Å². The highest BCUT2D eigenvalue weighted by Gasteiger charge is 2.03. The van der Waals surface area contributed by atoms with Crippen LogP contribution in [0.15, 0.2) is 16.8 Å². The Morgan fingerprint density at radius 2 is 2.31 bits per heavy atom. The molecule has 74 valence electrons. The Labute approximate surface area is 80.9 Å². The fourth-order valence-electron chi connectivity index (χ4n) is 0.729. The van der Waals surface area contributed by atoms with Crippen LogP contribution in [0.4, 0.5) is 0 Å². The van der Waals surface area contributed by atoms with Crippen LogP contribution in [-0.2, 0) is 21.5 Å². The molecule has 0 fully saturated rings. The molecule has 0 radical (unpaired) electrons. The summed E-state index contributed by atoms with van der Waals surface area (Å²) in [4.78, 5) is 0. The molecule has 1 aromatic heterocycles. The molecule has 0 saturated heterocycles. The first-order chi connectivity index (χ1) is 6.08. The molecule has 0 bridgehead atoms. The van der Waals surface area contributed by atoms with Crippen LogP contribution in [0, 0.1) is 0 Å². The van der Waals surface area contributed by atoms with Crippen LogP contribution >= 0.6 is 11.3 Å². The molecule has 0 atom stereocenters. The molecule has 1 aromatic rings. The minimum absolute atomic E-state index is 0.0225. The second kappa shape index (κ2) is 4.71. The first-order valence-electron chi connectivity index (χ1n) is 3.62. The van der Waals surface area contributed by atoms with E-state index in [1.54, 1.807) is 11.3 Å². The highest BCUT2D eigenvalue weighted by molar-refractivity contribution is 7.85. The monoisotopic (exact) mass is 222 g/mol. The van der Waals surface area contributed by atoms with Gasteiger partial charge in [-0.15, -0.1) is 0 Å². The van der Waals surface area contributed by atoms with Gasteiger partial charge in [-0.1, -0.05) is 0 Å². The minimum atomic E-state index is -3.89. The zero-order chi connectivity index (χ0) is 9.73. The molecule has 0 spiro atoms. The molecule has 6 heteroatoms. The summed E-state index contributed by atoms with van der Waals surface area (Å²) in [5.74, 6) is -0.350. The predicted molar refractivity (Wildman–Crippen MR) is 50.4 cm³/mol. The molecule has 1 N–H and O–H groups in total. The van der Waals surface area contributed by atoms with Gasteiger partial charge < -0.3 is 4.74 Å². The topological polar surface area (TPSA) is 63.6 Å². The van der Waals surface area contributed by atoms with Crippen molar-refractivity contribution < 1.29 is 17.7 Å². The summed E-state index contributed by atoms with van der Waals surface area (Å²) in [6.45, 7) is 0.410. The fraction of sp³-hybridized carbons (Fsp3) is 0.429. The van der Waals surface area contributed by atoms with Crippen LogP contribution in [0.3, 0.4) is 0 Å². The second-order valence-electron chi connectivity index (χ2n) is 2.47. The number of rotatable bonds is 5. The van der Waals surface area contributed by atoms with E-state index in [1.807, 2.05) is 16.8 Å². The quantitative estimate of drug-likeness (QED) is 0.599. The average molecular weight is 222 g/mol. The Morgan fingerprint density at radius 1 is 1.54 bits per heavy atom. The summed E-state index contributed by atoms with van der Waals surface area (Å²) in [7, 11) is -3.89. The Morgan fingerprint density at radius 3 is 2.85 bits per heavy atom. The first kappa shape index (κ1) is 10.6. The molecule has 0 aliphatic rings. The summed E-state index contributed by atoms with van der Waals surface area (Å²) in [5, 5.41) is 3.84. The highest BCUT2D eigenvalue weighted by Crippen LogP contribution is 2.06. The van der Waals surface area contributed by atoms with Crippen molar-refractivity contribution in [1.82, 2.24) is 0 Å². The summed E-state index contributed by atoms with van der Waals surface area (Å²) >= 11 is 1.56.